The van der Waals surface area contributed by atoms with E-state index < -0.39 is 5.97 Å². The number of rotatable bonds is 3. The first kappa shape index (κ1) is 12.0. The number of carbonyl (C=O) groups excluding carboxylic acids is 1. The molecule has 4 aliphatic carbocycles. The number of nitrogens with two attached hydrogens (primary N) is 1. The average Bonchev–Trinajstić information content (AvgIpc) is 2.31. The number of hydrogen-bond acceptors (Lipinski definition) is 3. The molecule has 5 nitrogen and oxygen atoms in total. The maximum atomic E-state index is 12.3. The van der Waals surface area contributed by atoms with Crippen molar-refractivity contribution >= 4 is 11.9 Å². The molecule has 1 amide bonds. The van der Waals surface area contributed by atoms with E-state index in [1.165, 1.54) is 0 Å². The van der Waals surface area contributed by atoms with Crippen molar-refractivity contribution < 1.29 is 14.7 Å². The molecule has 0 saturated heterocycles. The molecule has 0 aliphatic heterocycles. The van der Waals surface area contributed by atoms with Gasteiger partial charge < -0.3 is 16.2 Å². The zero-order chi connectivity index (χ0) is 12.9. The first-order valence-electron chi connectivity index (χ1n) is 6.76. The third-order valence-electron chi connectivity index (χ3n) is 5.23. The molecule has 0 aromatic heterocycles. The smallest absolute Gasteiger partial charge is 0.322 e. The van der Waals surface area contributed by atoms with Crippen LogP contribution in [0.3, 0.4) is 0 Å². The van der Waals surface area contributed by atoms with Crippen LogP contribution >= 0.6 is 0 Å². The van der Waals surface area contributed by atoms with E-state index in [0.29, 0.717) is 17.8 Å². The molecule has 0 spiro atoms. The number of nitrogens with one attached hydrogen (secondary N) is 1. The minimum absolute atomic E-state index is 0.0591. The van der Waals surface area contributed by atoms with Gasteiger partial charge in [-0.3, -0.25) is 9.59 Å². The largest absolute Gasteiger partial charge is 0.480 e. The molecule has 2 atom stereocenters. The quantitative estimate of drug-likeness (QED) is 0.675. The first-order valence-corrected chi connectivity index (χ1v) is 6.76. The molecule has 4 saturated carbocycles. The van der Waals surface area contributed by atoms with E-state index in [1.807, 2.05) is 0 Å². The summed E-state index contributed by atoms with van der Waals surface area (Å²) in [4.78, 5) is 22.8. The minimum atomic E-state index is -0.982. The van der Waals surface area contributed by atoms with Gasteiger partial charge in [-0.15, -0.1) is 0 Å². The molecule has 4 aliphatic rings. The Hall–Kier alpha value is -1.10. The van der Waals surface area contributed by atoms with Crippen LogP contribution < -0.4 is 11.1 Å². The van der Waals surface area contributed by atoms with Crippen LogP contribution in [-0.4, -0.2) is 29.6 Å². The lowest BCUT2D eigenvalue weighted by atomic mass is 9.48. The second-order valence-electron chi connectivity index (χ2n) is 6.40. The van der Waals surface area contributed by atoms with Gasteiger partial charge in [0.1, 0.15) is 6.54 Å². The molecule has 0 aromatic carbocycles. The Bertz CT molecular complexity index is 380. The zero-order valence-corrected chi connectivity index (χ0v) is 10.4. The van der Waals surface area contributed by atoms with E-state index in [1.54, 1.807) is 0 Å². The van der Waals surface area contributed by atoms with Gasteiger partial charge in [-0.25, -0.2) is 0 Å². The Morgan fingerprint density at radius 3 is 2.39 bits per heavy atom. The SMILES string of the molecule is NC1C2CC3CC1CC(C(=O)NCC(=O)O)(C3)C2. The number of carbonyl (C=O) groups is 2. The van der Waals surface area contributed by atoms with Crippen molar-refractivity contribution in [1.82, 2.24) is 5.32 Å². The molecule has 4 rings (SSSR count). The maximum Gasteiger partial charge on any atom is 0.322 e. The fraction of sp³-hybridized carbons (Fsp3) is 0.846. The van der Waals surface area contributed by atoms with Crippen molar-refractivity contribution in [3.63, 3.8) is 0 Å². The average molecular weight is 252 g/mol. The number of hydrogen-bond donors (Lipinski definition) is 3. The third kappa shape index (κ3) is 1.72. The molecule has 0 aromatic rings. The lowest BCUT2D eigenvalue weighted by molar-refractivity contribution is -0.150. The predicted molar refractivity (Wildman–Crippen MR) is 64.6 cm³/mol. The van der Waals surface area contributed by atoms with Gasteiger partial charge in [0.25, 0.3) is 0 Å². The summed E-state index contributed by atoms with van der Waals surface area (Å²) in [5, 5.41) is 11.2. The van der Waals surface area contributed by atoms with Crippen LogP contribution in [0.5, 0.6) is 0 Å². The van der Waals surface area contributed by atoms with E-state index in [2.05, 4.69) is 5.32 Å². The van der Waals surface area contributed by atoms with E-state index in [4.69, 9.17) is 10.8 Å². The molecule has 5 heteroatoms. The van der Waals surface area contributed by atoms with E-state index in [-0.39, 0.29) is 23.9 Å². The molecule has 2 unspecified atom stereocenters. The zero-order valence-electron chi connectivity index (χ0n) is 10.4. The Morgan fingerprint density at radius 2 is 1.83 bits per heavy atom. The second kappa shape index (κ2) is 3.95. The highest BCUT2D eigenvalue weighted by Crippen LogP contribution is 2.59. The predicted octanol–water partition coefficient (Wildman–Crippen LogP) is 0.341. The fourth-order valence-corrected chi connectivity index (χ4v) is 4.69. The van der Waals surface area contributed by atoms with Gasteiger partial charge in [-0.2, -0.15) is 0 Å². The van der Waals surface area contributed by atoms with Gasteiger partial charge in [0.15, 0.2) is 0 Å². The highest BCUT2D eigenvalue weighted by Gasteiger charge is 2.57. The number of amides is 1. The third-order valence-corrected chi connectivity index (χ3v) is 5.23. The van der Waals surface area contributed by atoms with Crippen LogP contribution in [0.4, 0.5) is 0 Å². The monoisotopic (exact) mass is 252 g/mol. The summed E-state index contributed by atoms with van der Waals surface area (Å²) >= 11 is 0. The fourth-order valence-electron chi connectivity index (χ4n) is 4.69. The van der Waals surface area contributed by atoms with E-state index in [9.17, 15) is 9.59 Å². The highest BCUT2D eigenvalue weighted by atomic mass is 16.4. The van der Waals surface area contributed by atoms with Crippen LogP contribution in [0.1, 0.15) is 32.1 Å². The van der Waals surface area contributed by atoms with Crippen LogP contribution in [0.15, 0.2) is 0 Å². The molecular weight excluding hydrogens is 232 g/mol. The lowest BCUT2D eigenvalue weighted by Crippen LogP contribution is -2.61. The van der Waals surface area contributed by atoms with Gasteiger partial charge in [0.2, 0.25) is 5.91 Å². The van der Waals surface area contributed by atoms with E-state index in [0.717, 1.165) is 32.1 Å². The summed E-state index contributed by atoms with van der Waals surface area (Å²) in [7, 11) is 0. The first-order chi connectivity index (χ1) is 8.50. The van der Waals surface area contributed by atoms with Crippen molar-refractivity contribution in [1.29, 1.82) is 0 Å². The molecule has 0 heterocycles. The summed E-state index contributed by atoms with van der Waals surface area (Å²) in [5.74, 6) is 0.512. The van der Waals surface area contributed by atoms with E-state index >= 15 is 0 Å². The molecule has 4 N–H and O–H groups in total. The maximum absolute atomic E-state index is 12.3. The van der Waals surface area contributed by atoms with Gasteiger partial charge in [-0.05, 0) is 49.9 Å². The van der Waals surface area contributed by atoms with Crippen molar-refractivity contribution in [3.05, 3.63) is 0 Å². The molecule has 18 heavy (non-hydrogen) atoms. The Kier molecular flexibility index (Phi) is 2.62. The van der Waals surface area contributed by atoms with Gasteiger partial charge in [0, 0.05) is 6.04 Å². The van der Waals surface area contributed by atoms with Gasteiger partial charge in [-0.1, -0.05) is 0 Å². The summed E-state index contributed by atoms with van der Waals surface area (Å²) in [6, 6.07) is 0.252. The summed E-state index contributed by atoms with van der Waals surface area (Å²) < 4.78 is 0. The van der Waals surface area contributed by atoms with Crippen molar-refractivity contribution in [2.24, 2.45) is 28.9 Å². The standard InChI is InChI=1S/C13H20N2O3/c14-11-8-1-7-2-9(11)5-13(3-7,4-8)12(18)15-6-10(16)17/h7-9,11H,1-6,14H2,(H,15,18)(H,16,17). The summed E-state index contributed by atoms with van der Waals surface area (Å²) in [5.41, 5.74) is 5.90. The molecule has 4 bridgehead atoms. The molecule has 100 valence electrons. The van der Waals surface area contributed by atoms with Gasteiger partial charge >= 0.3 is 5.97 Å². The number of carboxylic acid groups (broad SMARTS) is 1. The van der Waals surface area contributed by atoms with Crippen molar-refractivity contribution in [2.75, 3.05) is 6.54 Å². The highest BCUT2D eigenvalue weighted by molar-refractivity contribution is 5.86. The Balaban J connectivity index is 1.75. The van der Waals surface area contributed by atoms with Crippen LogP contribution in [0, 0.1) is 23.2 Å². The molecule has 0 radical (unpaired) electrons. The van der Waals surface area contributed by atoms with Gasteiger partial charge in [0.05, 0.1) is 5.41 Å². The Morgan fingerprint density at radius 1 is 1.22 bits per heavy atom. The normalized spacial score (nSPS) is 44.9. The van der Waals surface area contributed by atoms with Crippen molar-refractivity contribution in [3.8, 4) is 0 Å². The number of aliphatic carboxylic acids is 1. The minimum Gasteiger partial charge on any atom is -0.480 e. The molecule has 4 fully saturated rings. The van der Waals surface area contributed by atoms with Crippen LogP contribution in [0.2, 0.25) is 0 Å². The number of carboxylic acids is 1. The van der Waals surface area contributed by atoms with Crippen molar-refractivity contribution in [2.45, 2.75) is 38.1 Å². The summed E-state index contributed by atoms with van der Waals surface area (Å²) in [6.07, 6.45) is 4.95. The second-order valence-corrected chi connectivity index (χ2v) is 6.40. The summed E-state index contributed by atoms with van der Waals surface area (Å²) in [6.45, 7) is -0.271. The Labute approximate surface area is 106 Å². The van der Waals surface area contributed by atoms with Crippen LogP contribution in [-0.2, 0) is 9.59 Å². The lowest BCUT2D eigenvalue weighted by Gasteiger charge is -2.58. The topological polar surface area (TPSA) is 92.4 Å². The van der Waals surface area contributed by atoms with Crippen LogP contribution in [0.25, 0.3) is 0 Å². The molecular formula is C13H20N2O3.